The Hall–Kier alpha value is -2.06. The van der Waals surface area contributed by atoms with E-state index < -0.39 is 0 Å². The molecule has 1 aliphatic heterocycles. The Balaban J connectivity index is 1.84. The zero-order valence-corrected chi connectivity index (χ0v) is 16.7. The van der Waals surface area contributed by atoms with Gasteiger partial charge in [-0.25, -0.2) is 0 Å². The molecule has 0 spiro atoms. The number of carbonyl (C=O) groups is 1. The normalized spacial score (nSPS) is 16.0. The number of amides is 1. The largest absolute Gasteiger partial charge is 0.392 e. The van der Waals surface area contributed by atoms with Crippen LogP contribution in [0.15, 0.2) is 41.4 Å². The van der Waals surface area contributed by atoms with Gasteiger partial charge in [-0.3, -0.25) is 14.7 Å². The van der Waals surface area contributed by atoms with Gasteiger partial charge in [0.1, 0.15) is 4.32 Å². The van der Waals surface area contributed by atoms with Gasteiger partial charge >= 0.3 is 0 Å². The summed E-state index contributed by atoms with van der Waals surface area (Å²) in [4.78, 5) is 19.1. The van der Waals surface area contributed by atoms with Crippen molar-refractivity contribution in [2.24, 2.45) is 0 Å². The summed E-state index contributed by atoms with van der Waals surface area (Å²) in [7, 11) is 0. The fourth-order valence-corrected chi connectivity index (χ4v) is 4.35. The second-order valence-electron chi connectivity index (χ2n) is 6.42. The van der Waals surface area contributed by atoms with E-state index in [1.807, 2.05) is 38.1 Å². The number of aliphatic hydroxyl groups is 2. The number of hydrogen-bond donors (Lipinski definition) is 2. The highest BCUT2D eigenvalue weighted by atomic mass is 32.2. The minimum Gasteiger partial charge on any atom is -0.392 e. The molecule has 1 saturated heterocycles. The molecule has 0 atom stereocenters. The smallest absolute Gasteiger partial charge is 0.266 e. The molecule has 0 bridgehead atoms. The van der Waals surface area contributed by atoms with Crippen molar-refractivity contribution in [3.63, 3.8) is 0 Å². The van der Waals surface area contributed by atoms with Crippen LogP contribution in [0.2, 0.25) is 0 Å². The molecule has 7 heteroatoms. The molecule has 140 valence electrons. The lowest BCUT2D eigenvalue weighted by Crippen LogP contribution is -2.34. The van der Waals surface area contributed by atoms with Crippen LogP contribution in [0, 0.1) is 0 Å². The SMILES string of the molecule is CC(C)N1C(=O)/C(=C/c2ccc(-c3ccc(CO)c(CO)c3)nc2)SC1=S. The zero-order chi connectivity index (χ0) is 19.6. The molecule has 1 aromatic heterocycles. The van der Waals surface area contributed by atoms with Crippen LogP contribution in [-0.2, 0) is 18.0 Å². The zero-order valence-electron chi connectivity index (χ0n) is 15.0. The number of thiocarbonyl (C=S) groups is 1. The third-order valence-corrected chi connectivity index (χ3v) is 5.60. The van der Waals surface area contributed by atoms with E-state index in [4.69, 9.17) is 12.2 Å². The average molecular weight is 401 g/mol. The monoisotopic (exact) mass is 400 g/mol. The van der Waals surface area contributed by atoms with Crippen LogP contribution >= 0.6 is 24.0 Å². The summed E-state index contributed by atoms with van der Waals surface area (Å²) in [6, 6.07) is 9.26. The molecule has 2 aromatic rings. The molecule has 2 N–H and O–H groups in total. The molecule has 5 nitrogen and oxygen atoms in total. The lowest BCUT2D eigenvalue weighted by atomic mass is 10.0. The molecule has 27 heavy (non-hydrogen) atoms. The van der Waals surface area contributed by atoms with Gasteiger partial charge in [0.25, 0.3) is 5.91 Å². The van der Waals surface area contributed by atoms with Crippen molar-refractivity contribution >= 4 is 40.3 Å². The number of pyridine rings is 1. The quantitative estimate of drug-likeness (QED) is 0.592. The highest BCUT2D eigenvalue weighted by Crippen LogP contribution is 2.34. The average Bonchev–Trinajstić information content (AvgIpc) is 2.95. The van der Waals surface area contributed by atoms with Crippen LogP contribution in [0.5, 0.6) is 0 Å². The summed E-state index contributed by atoms with van der Waals surface area (Å²) >= 11 is 6.59. The summed E-state index contributed by atoms with van der Waals surface area (Å²) in [5, 5.41) is 18.7. The Bertz CT molecular complexity index is 908. The summed E-state index contributed by atoms with van der Waals surface area (Å²) in [5.74, 6) is -0.0729. The molecule has 0 radical (unpaired) electrons. The molecule has 0 saturated carbocycles. The molecule has 1 amide bonds. The third kappa shape index (κ3) is 4.11. The fourth-order valence-electron chi connectivity index (χ4n) is 2.82. The second-order valence-corrected chi connectivity index (χ2v) is 8.10. The second kappa shape index (κ2) is 8.31. The maximum atomic E-state index is 12.5. The molecule has 1 aliphatic rings. The molecule has 3 rings (SSSR count). The summed E-state index contributed by atoms with van der Waals surface area (Å²) in [5.41, 5.74) is 3.80. The van der Waals surface area contributed by atoms with E-state index in [0.29, 0.717) is 20.4 Å². The standard InChI is InChI=1S/C20H20N2O3S2/c1-12(2)22-19(25)18(27-20(22)26)7-13-3-6-17(21-9-13)14-4-5-15(10-23)16(8-14)11-24/h3-9,12,23-24H,10-11H2,1-2H3/b18-7-. The van der Waals surface area contributed by atoms with E-state index in [1.54, 1.807) is 23.2 Å². The lowest BCUT2D eigenvalue weighted by Gasteiger charge is -2.18. The fraction of sp³-hybridized carbons (Fsp3) is 0.250. The van der Waals surface area contributed by atoms with Crippen molar-refractivity contribution in [1.29, 1.82) is 0 Å². The molecular weight excluding hydrogens is 380 g/mol. The van der Waals surface area contributed by atoms with Gasteiger partial charge in [0.15, 0.2) is 0 Å². The predicted molar refractivity (Wildman–Crippen MR) is 112 cm³/mol. The van der Waals surface area contributed by atoms with Crippen molar-refractivity contribution in [3.05, 3.63) is 58.1 Å². The van der Waals surface area contributed by atoms with Crippen molar-refractivity contribution in [2.75, 3.05) is 0 Å². The highest BCUT2D eigenvalue weighted by molar-refractivity contribution is 8.26. The number of hydrogen-bond acceptors (Lipinski definition) is 6. The third-order valence-electron chi connectivity index (χ3n) is 4.27. The molecule has 0 aliphatic carbocycles. The maximum absolute atomic E-state index is 12.5. The summed E-state index contributed by atoms with van der Waals surface area (Å²) in [6.07, 6.45) is 3.50. The molecule has 0 unspecified atom stereocenters. The van der Waals surface area contributed by atoms with Gasteiger partial charge in [0.05, 0.1) is 23.8 Å². The van der Waals surface area contributed by atoms with Gasteiger partial charge in [-0.05, 0) is 48.7 Å². The topological polar surface area (TPSA) is 73.7 Å². The number of nitrogens with zero attached hydrogens (tertiary/aromatic N) is 2. The first kappa shape index (κ1) is 19.7. The number of carbonyl (C=O) groups excluding carboxylic acids is 1. The van der Waals surface area contributed by atoms with Crippen LogP contribution < -0.4 is 0 Å². The number of benzene rings is 1. The van der Waals surface area contributed by atoms with Crippen LogP contribution in [-0.4, -0.2) is 36.4 Å². The van der Waals surface area contributed by atoms with Gasteiger partial charge in [0, 0.05) is 17.8 Å². The Morgan fingerprint density at radius 1 is 1.19 bits per heavy atom. The van der Waals surface area contributed by atoms with E-state index in [2.05, 4.69) is 4.98 Å². The first-order chi connectivity index (χ1) is 12.9. The Morgan fingerprint density at radius 2 is 1.93 bits per heavy atom. The van der Waals surface area contributed by atoms with Crippen molar-refractivity contribution in [2.45, 2.75) is 33.1 Å². The first-order valence-corrected chi connectivity index (χ1v) is 9.74. The van der Waals surface area contributed by atoms with Gasteiger partial charge in [0.2, 0.25) is 0 Å². The molecule has 2 heterocycles. The van der Waals surface area contributed by atoms with Crippen LogP contribution in [0.4, 0.5) is 0 Å². The number of aliphatic hydroxyl groups excluding tert-OH is 2. The maximum Gasteiger partial charge on any atom is 0.266 e. The van der Waals surface area contributed by atoms with Gasteiger partial charge < -0.3 is 10.2 Å². The van der Waals surface area contributed by atoms with E-state index in [-0.39, 0.29) is 25.2 Å². The summed E-state index contributed by atoms with van der Waals surface area (Å²) < 4.78 is 0.575. The van der Waals surface area contributed by atoms with Crippen LogP contribution in [0.3, 0.4) is 0 Å². The molecule has 1 aromatic carbocycles. The number of aromatic nitrogens is 1. The molecular formula is C20H20N2O3S2. The van der Waals surface area contributed by atoms with Crippen LogP contribution in [0.25, 0.3) is 17.3 Å². The number of rotatable bonds is 5. The Labute approximate surface area is 167 Å². The predicted octanol–water partition coefficient (Wildman–Crippen LogP) is 3.34. The molecule has 1 fully saturated rings. The lowest BCUT2D eigenvalue weighted by molar-refractivity contribution is -0.123. The highest BCUT2D eigenvalue weighted by Gasteiger charge is 2.33. The Morgan fingerprint density at radius 3 is 2.48 bits per heavy atom. The first-order valence-electron chi connectivity index (χ1n) is 8.51. The van der Waals surface area contributed by atoms with Gasteiger partial charge in [-0.15, -0.1) is 0 Å². The van der Waals surface area contributed by atoms with E-state index in [0.717, 1.165) is 16.8 Å². The van der Waals surface area contributed by atoms with Gasteiger partial charge in [-0.1, -0.05) is 42.2 Å². The summed E-state index contributed by atoms with van der Waals surface area (Å²) in [6.45, 7) is 3.62. The van der Waals surface area contributed by atoms with E-state index in [1.165, 1.54) is 11.8 Å². The van der Waals surface area contributed by atoms with Crippen molar-refractivity contribution in [3.8, 4) is 11.3 Å². The Kier molecular flexibility index (Phi) is 6.06. The van der Waals surface area contributed by atoms with Gasteiger partial charge in [-0.2, -0.15) is 0 Å². The van der Waals surface area contributed by atoms with Crippen LogP contribution in [0.1, 0.15) is 30.5 Å². The van der Waals surface area contributed by atoms with Crippen molar-refractivity contribution in [1.82, 2.24) is 9.88 Å². The minimum absolute atomic E-state index is 0.0338. The van der Waals surface area contributed by atoms with E-state index >= 15 is 0 Å². The minimum atomic E-state index is -0.139. The number of thioether (sulfide) groups is 1. The van der Waals surface area contributed by atoms with Crippen molar-refractivity contribution < 1.29 is 15.0 Å². The van der Waals surface area contributed by atoms with E-state index in [9.17, 15) is 15.0 Å².